The van der Waals surface area contributed by atoms with Gasteiger partial charge in [-0.25, -0.2) is 4.79 Å². The highest BCUT2D eigenvalue weighted by Crippen LogP contribution is 2.41. The lowest BCUT2D eigenvalue weighted by Gasteiger charge is -2.07. The number of hydrogen-bond acceptors (Lipinski definition) is 3. The van der Waals surface area contributed by atoms with Gasteiger partial charge in [-0.2, -0.15) is 8.42 Å². The maximum absolute atomic E-state index is 11.5. The Bertz CT molecular complexity index is 837. The molecule has 3 rings (SSSR count). The van der Waals surface area contributed by atoms with Crippen molar-refractivity contribution in [2.45, 2.75) is 11.3 Å². The summed E-state index contributed by atoms with van der Waals surface area (Å²) in [7, 11) is -4.35. The zero-order valence-electron chi connectivity index (χ0n) is 10.2. The minimum atomic E-state index is -4.35. The molecule has 1 aliphatic rings. The van der Waals surface area contributed by atoms with E-state index in [1.54, 1.807) is 18.2 Å². The smallest absolute Gasteiger partial charge is 0.335 e. The third-order valence-electron chi connectivity index (χ3n) is 3.43. The standard InChI is InChI=1S/C14H10O5S/c15-14(16)10-5-2-4-9-11(10)7-8-3-1-6-12(13(8)9)20(17,18)19/h1-6H,7H2,(H,15,16)(H,17,18,19). The lowest BCUT2D eigenvalue weighted by atomic mass is 10.0. The Kier molecular flexibility index (Phi) is 2.67. The predicted molar refractivity (Wildman–Crippen MR) is 71.5 cm³/mol. The fourth-order valence-electron chi connectivity index (χ4n) is 2.65. The molecule has 5 nitrogen and oxygen atoms in total. The van der Waals surface area contributed by atoms with Gasteiger partial charge in [-0.3, -0.25) is 4.55 Å². The number of fused-ring (bicyclic) bond motifs is 3. The van der Waals surface area contributed by atoms with Gasteiger partial charge in [-0.05, 0) is 35.2 Å². The molecule has 2 N–H and O–H groups in total. The van der Waals surface area contributed by atoms with Crippen molar-refractivity contribution in [3.05, 3.63) is 53.1 Å². The van der Waals surface area contributed by atoms with E-state index in [9.17, 15) is 22.9 Å². The van der Waals surface area contributed by atoms with Gasteiger partial charge in [0.2, 0.25) is 0 Å². The topological polar surface area (TPSA) is 91.7 Å². The van der Waals surface area contributed by atoms with Crippen LogP contribution in [0, 0.1) is 0 Å². The summed E-state index contributed by atoms with van der Waals surface area (Å²) in [6, 6.07) is 9.31. The van der Waals surface area contributed by atoms with Crippen molar-refractivity contribution in [2.75, 3.05) is 0 Å². The van der Waals surface area contributed by atoms with E-state index in [0.29, 0.717) is 28.7 Å². The van der Waals surface area contributed by atoms with Crippen molar-refractivity contribution in [3.8, 4) is 11.1 Å². The highest BCUT2D eigenvalue weighted by molar-refractivity contribution is 7.86. The van der Waals surface area contributed by atoms with Crippen molar-refractivity contribution in [2.24, 2.45) is 0 Å². The monoisotopic (exact) mass is 290 g/mol. The lowest BCUT2D eigenvalue weighted by molar-refractivity contribution is 0.0696. The third-order valence-corrected chi connectivity index (χ3v) is 4.33. The Morgan fingerprint density at radius 2 is 1.80 bits per heavy atom. The first-order valence-electron chi connectivity index (χ1n) is 5.84. The van der Waals surface area contributed by atoms with Gasteiger partial charge in [0.25, 0.3) is 10.1 Å². The van der Waals surface area contributed by atoms with Crippen molar-refractivity contribution >= 4 is 16.1 Å². The van der Waals surface area contributed by atoms with Gasteiger partial charge in [-0.1, -0.05) is 24.3 Å². The van der Waals surface area contributed by atoms with Crippen LogP contribution in [0.1, 0.15) is 21.5 Å². The summed E-state index contributed by atoms with van der Waals surface area (Å²) >= 11 is 0. The summed E-state index contributed by atoms with van der Waals surface area (Å²) < 4.78 is 32.2. The molecule has 0 bridgehead atoms. The Labute approximate surface area is 115 Å². The minimum Gasteiger partial charge on any atom is -0.478 e. The van der Waals surface area contributed by atoms with Crippen LogP contribution in [0.5, 0.6) is 0 Å². The average Bonchev–Trinajstić information content (AvgIpc) is 2.75. The van der Waals surface area contributed by atoms with Gasteiger partial charge in [0.05, 0.1) is 5.56 Å². The molecule has 0 radical (unpaired) electrons. The van der Waals surface area contributed by atoms with Gasteiger partial charge in [0, 0.05) is 5.56 Å². The fourth-order valence-corrected chi connectivity index (χ4v) is 3.40. The number of carboxylic acid groups (broad SMARTS) is 1. The zero-order valence-corrected chi connectivity index (χ0v) is 11.0. The fraction of sp³-hybridized carbons (Fsp3) is 0.0714. The maximum Gasteiger partial charge on any atom is 0.335 e. The lowest BCUT2D eigenvalue weighted by Crippen LogP contribution is -2.02. The normalized spacial score (nSPS) is 12.8. The van der Waals surface area contributed by atoms with Gasteiger partial charge in [-0.15, -0.1) is 0 Å². The Morgan fingerprint density at radius 1 is 1.10 bits per heavy atom. The van der Waals surface area contributed by atoms with Crippen molar-refractivity contribution in [1.82, 2.24) is 0 Å². The van der Waals surface area contributed by atoms with Crippen molar-refractivity contribution in [1.29, 1.82) is 0 Å². The molecule has 6 heteroatoms. The van der Waals surface area contributed by atoms with E-state index in [0.717, 1.165) is 0 Å². The molecule has 0 aromatic heterocycles. The number of carboxylic acids is 1. The van der Waals surface area contributed by atoms with E-state index < -0.39 is 16.1 Å². The highest BCUT2D eigenvalue weighted by atomic mass is 32.2. The zero-order chi connectivity index (χ0) is 14.5. The summed E-state index contributed by atoms with van der Waals surface area (Å²) in [5.41, 5.74) is 2.37. The number of rotatable bonds is 2. The Hall–Kier alpha value is -2.18. The number of benzene rings is 2. The van der Waals surface area contributed by atoms with Crippen LogP contribution in [0.3, 0.4) is 0 Å². The molecular weight excluding hydrogens is 280 g/mol. The molecular formula is C14H10O5S. The number of aromatic carboxylic acids is 1. The molecule has 0 unspecified atom stereocenters. The van der Waals surface area contributed by atoms with Crippen LogP contribution in [-0.4, -0.2) is 24.0 Å². The van der Waals surface area contributed by atoms with E-state index in [-0.39, 0.29) is 10.5 Å². The summed E-state index contributed by atoms with van der Waals surface area (Å²) in [5, 5.41) is 9.19. The molecule has 0 fully saturated rings. The highest BCUT2D eigenvalue weighted by Gasteiger charge is 2.28. The second kappa shape index (κ2) is 4.16. The van der Waals surface area contributed by atoms with Crippen LogP contribution in [0.15, 0.2) is 41.3 Å². The Morgan fingerprint density at radius 3 is 2.45 bits per heavy atom. The first kappa shape index (κ1) is 12.8. The quantitative estimate of drug-likeness (QED) is 0.706. The molecule has 0 saturated heterocycles. The minimum absolute atomic E-state index is 0.153. The van der Waals surface area contributed by atoms with Crippen molar-refractivity contribution in [3.63, 3.8) is 0 Å². The van der Waals surface area contributed by atoms with E-state index in [4.69, 9.17) is 0 Å². The Balaban J connectivity index is 2.36. The molecule has 20 heavy (non-hydrogen) atoms. The first-order chi connectivity index (χ1) is 9.39. The second-order valence-electron chi connectivity index (χ2n) is 4.58. The first-order valence-corrected chi connectivity index (χ1v) is 7.28. The number of carbonyl (C=O) groups is 1. The van der Waals surface area contributed by atoms with E-state index in [1.807, 2.05) is 0 Å². The van der Waals surface area contributed by atoms with Crippen LogP contribution in [0.4, 0.5) is 0 Å². The molecule has 0 spiro atoms. The van der Waals surface area contributed by atoms with Gasteiger partial charge in [0.1, 0.15) is 4.90 Å². The largest absolute Gasteiger partial charge is 0.478 e. The summed E-state index contributed by atoms with van der Waals surface area (Å²) in [4.78, 5) is 11.0. The van der Waals surface area contributed by atoms with Gasteiger partial charge >= 0.3 is 5.97 Å². The molecule has 2 aromatic carbocycles. The molecule has 2 aromatic rings. The number of hydrogen-bond donors (Lipinski definition) is 2. The SMILES string of the molecule is O=C(O)c1cccc2c1Cc1cccc(S(=O)(=O)O)c1-2. The molecule has 0 atom stereocenters. The molecule has 1 aliphatic carbocycles. The van der Waals surface area contributed by atoms with E-state index in [1.165, 1.54) is 18.2 Å². The van der Waals surface area contributed by atoms with Gasteiger partial charge < -0.3 is 5.11 Å². The van der Waals surface area contributed by atoms with Crippen molar-refractivity contribution < 1.29 is 22.9 Å². The molecule has 0 amide bonds. The van der Waals surface area contributed by atoms with Crippen LogP contribution < -0.4 is 0 Å². The molecule has 0 heterocycles. The van der Waals surface area contributed by atoms with Crippen LogP contribution >= 0.6 is 0 Å². The second-order valence-corrected chi connectivity index (χ2v) is 5.97. The summed E-state index contributed by atoms with van der Waals surface area (Å²) in [5.74, 6) is -1.05. The maximum atomic E-state index is 11.5. The predicted octanol–water partition coefficient (Wildman–Crippen LogP) is 2.20. The molecule has 0 saturated carbocycles. The van der Waals surface area contributed by atoms with Crippen LogP contribution in [0.2, 0.25) is 0 Å². The van der Waals surface area contributed by atoms with E-state index >= 15 is 0 Å². The third kappa shape index (κ3) is 1.81. The summed E-state index contributed by atoms with van der Waals surface area (Å²) in [6.07, 6.45) is 0.344. The van der Waals surface area contributed by atoms with Gasteiger partial charge in [0.15, 0.2) is 0 Å². The van der Waals surface area contributed by atoms with Crippen LogP contribution in [-0.2, 0) is 16.5 Å². The molecule has 0 aliphatic heterocycles. The summed E-state index contributed by atoms with van der Waals surface area (Å²) in [6.45, 7) is 0. The average molecular weight is 290 g/mol. The van der Waals surface area contributed by atoms with E-state index in [2.05, 4.69) is 0 Å². The van der Waals surface area contributed by atoms with Crippen LogP contribution in [0.25, 0.3) is 11.1 Å². The molecule has 102 valence electrons.